The van der Waals surface area contributed by atoms with Crippen LogP contribution < -0.4 is 16.6 Å². The van der Waals surface area contributed by atoms with Gasteiger partial charge in [-0.3, -0.25) is 13.9 Å². The van der Waals surface area contributed by atoms with E-state index >= 15 is 0 Å². The lowest BCUT2D eigenvalue weighted by Crippen LogP contribution is -2.37. The van der Waals surface area contributed by atoms with Gasteiger partial charge in [0.1, 0.15) is 0 Å². The second-order valence-corrected chi connectivity index (χ2v) is 4.38. The Balaban J connectivity index is 2.87. The lowest BCUT2D eigenvalue weighted by atomic mass is 10.5. The molecule has 106 valence electrons. The second kappa shape index (κ2) is 5.20. The second-order valence-electron chi connectivity index (χ2n) is 4.38. The van der Waals surface area contributed by atoms with E-state index in [1.807, 2.05) is 0 Å². The minimum absolute atomic E-state index is 0.353. The van der Waals surface area contributed by atoms with E-state index in [0.717, 1.165) is 4.57 Å². The van der Waals surface area contributed by atoms with Crippen molar-refractivity contribution in [2.24, 2.45) is 14.1 Å². The summed E-state index contributed by atoms with van der Waals surface area (Å²) in [5, 5.41) is 3.05. The standard InChI is InChI=1S/C13H17N5O2/c1-5-7-14-12-15-10-9(18(12)8-6-2)11(19)17(4)13(20)16(10)3/h5-6H,1-2,7-8H2,3-4H3,(H,14,15). The molecule has 2 aromatic rings. The first-order valence-corrected chi connectivity index (χ1v) is 6.14. The van der Waals surface area contributed by atoms with Gasteiger partial charge in [-0.1, -0.05) is 12.2 Å². The largest absolute Gasteiger partial charge is 0.352 e. The number of aryl methyl sites for hydroxylation is 1. The summed E-state index contributed by atoms with van der Waals surface area (Å²) >= 11 is 0. The van der Waals surface area contributed by atoms with E-state index in [2.05, 4.69) is 23.5 Å². The molecule has 0 aliphatic rings. The Morgan fingerprint density at radius 2 is 1.90 bits per heavy atom. The van der Waals surface area contributed by atoms with Crippen LogP contribution in [0.5, 0.6) is 0 Å². The Labute approximate surface area is 115 Å². The average Bonchev–Trinajstić information content (AvgIpc) is 2.80. The Bertz CT molecular complexity index is 794. The summed E-state index contributed by atoms with van der Waals surface area (Å²) < 4.78 is 4.13. The minimum Gasteiger partial charge on any atom is -0.352 e. The van der Waals surface area contributed by atoms with Gasteiger partial charge in [0.15, 0.2) is 11.2 Å². The number of imidazole rings is 1. The predicted octanol–water partition coefficient (Wildman–Crippen LogP) is 0.218. The van der Waals surface area contributed by atoms with E-state index < -0.39 is 5.69 Å². The number of rotatable bonds is 5. The summed E-state index contributed by atoms with van der Waals surface area (Å²) in [6.07, 6.45) is 3.36. The number of anilines is 1. The normalized spacial score (nSPS) is 10.7. The lowest BCUT2D eigenvalue weighted by molar-refractivity contribution is 0.703. The summed E-state index contributed by atoms with van der Waals surface area (Å²) in [6.45, 7) is 8.24. The van der Waals surface area contributed by atoms with Crippen molar-refractivity contribution < 1.29 is 0 Å². The van der Waals surface area contributed by atoms with Crippen molar-refractivity contribution in [2.75, 3.05) is 11.9 Å². The molecule has 1 N–H and O–H groups in total. The summed E-state index contributed by atoms with van der Waals surface area (Å²) in [5.74, 6) is 0.512. The van der Waals surface area contributed by atoms with Crippen LogP contribution in [0.15, 0.2) is 34.9 Å². The minimum atomic E-state index is -0.402. The SMILES string of the molecule is C=CCNc1nc2c(c(=O)n(C)c(=O)n2C)n1CC=C. The molecule has 7 heteroatoms. The molecule has 0 saturated heterocycles. The van der Waals surface area contributed by atoms with Crippen LogP contribution in [0, 0.1) is 0 Å². The molecule has 0 amide bonds. The number of fused-ring (bicyclic) bond motifs is 1. The number of nitrogens with one attached hydrogen (secondary N) is 1. The fraction of sp³-hybridized carbons (Fsp3) is 0.308. The summed E-state index contributed by atoms with van der Waals surface area (Å²) in [7, 11) is 3.04. The molecule has 0 unspecified atom stereocenters. The summed E-state index contributed by atoms with van der Waals surface area (Å²) in [4.78, 5) is 28.5. The van der Waals surface area contributed by atoms with Gasteiger partial charge in [0.2, 0.25) is 5.95 Å². The zero-order valence-electron chi connectivity index (χ0n) is 11.6. The number of nitrogens with zero attached hydrogens (tertiary/aromatic N) is 4. The van der Waals surface area contributed by atoms with Gasteiger partial charge in [0.05, 0.1) is 0 Å². The Morgan fingerprint density at radius 3 is 2.50 bits per heavy atom. The van der Waals surface area contributed by atoms with Crippen LogP contribution >= 0.6 is 0 Å². The van der Waals surface area contributed by atoms with Crippen molar-refractivity contribution >= 4 is 17.1 Å². The maximum absolute atomic E-state index is 12.3. The number of aromatic nitrogens is 4. The first kappa shape index (κ1) is 13.9. The van der Waals surface area contributed by atoms with Crippen LogP contribution in [0.4, 0.5) is 5.95 Å². The molecule has 0 spiro atoms. The highest BCUT2D eigenvalue weighted by atomic mass is 16.2. The third-order valence-corrected chi connectivity index (χ3v) is 3.06. The fourth-order valence-electron chi connectivity index (χ4n) is 2.05. The van der Waals surface area contributed by atoms with Gasteiger partial charge in [-0.25, -0.2) is 4.79 Å². The topological polar surface area (TPSA) is 73.8 Å². The molecular weight excluding hydrogens is 258 g/mol. The molecule has 0 radical (unpaired) electrons. The summed E-state index contributed by atoms with van der Waals surface area (Å²) in [6, 6.07) is 0. The van der Waals surface area contributed by atoms with E-state index in [4.69, 9.17) is 0 Å². The zero-order chi connectivity index (χ0) is 14.9. The molecule has 0 aromatic carbocycles. The highest BCUT2D eigenvalue weighted by Crippen LogP contribution is 2.15. The Kier molecular flexibility index (Phi) is 3.60. The van der Waals surface area contributed by atoms with Crippen LogP contribution in [-0.4, -0.2) is 25.2 Å². The third kappa shape index (κ3) is 1.97. The highest BCUT2D eigenvalue weighted by molar-refractivity contribution is 5.74. The van der Waals surface area contributed by atoms with Crippen molar-refractivity contribution in [3.63, 3.8) is 0 Å². The average molecular weight is 275 g/mol. The lowest BCUT2D eigenvalue weighted by Gasteiger charge is -2.07. The van der Waals surface area contributed by atoms with E-state index in [9.17, 15) is 9.59 Å². The molecule has 2 heterocycles. The molecule has 0 aliphatic carbocycles. The molecule has 0 aliphatic heterocycles. The van der Waals surface area contributed by atoms with Crippen LogP contribution in [-0.2, 0) is 20.6 Å². The van der Waals surface area contributed by atoms with Gasteiger partial charge in [0.25, 0.3) is 5.56 Å². The summed E-state index contributed by atoms with van der Waals surface area (Å²) in [5.41, 5.74) is -0.0438. The van der Waals surface area contributed by atoms with E-state index in [1.165, 1.54) is 11.6 Å². The van der Waals surface area contributed by atoms with E-state index in [-0.39, 0.29) is 5.56 Å². The van der Waals surface area contributed by atoms with Crippen molar-refractivity contribution in [3.05, 3.63) is 46.1 Å². The van der Waals surface area contributed by atoms with Gasteiger partial charge in [-0.15, -0.1) is 13.2 Å². The van der Waals surface area contributed by atoms with Gasteiger partial charge >= 0.3 is 5.69 Å². The number of allylic oxidation sites excluding steroid dienone is 1. The molecule has 20 heavy (non-hydrogen) atoms. The first-order chi connectivity index (χ1) is 9.52. The third-order valence-electron chi connectivity index (χ3n) is 3.06. The van der Waals surface area contributed by atoms with Crippen LogP contribution in [0.25, 0.3) is 11.2 Å². The molecule has 2 rings (SSSR count). The monoisotopic (exact) mass is 275 g/mol. The van der Waals surface area contributed by atoms with Crippen molar-refractivity contribution in [3.8, 4) is 0 Å². The highest BCUT2D eigenvalue weighted by Gasteiger charge is 2.17. The van der Waals surface area contributed by atoms with Crippen molar-refractivity contribution in [2.45, 2.75) is 6.54 Å². The molecule has 7 nitrogen and oxygen atoms in total. The van der Waals surface area contributed by atoms with Gasteiger partial charge in [-0.05, 0) is 0 Å². The van der Waals surface area contributed by atoms with Gasteiger partial charge in [0, 0.05) is 27.2 Å². The van der Waals surface area contributed by atoms with Gasteiger partial charge in [-0.2, -0.15) is 4.98 Å². The first-order valence-electron chi connectivity index (χ1n) is 6.14. The Hall–Kier alpha value is -2.57. The number of hydrogen-bond acceptors (Lipinski definition) is 4. The molecule has 0 saturated carbocycles. The van der Waals surface area contributed by atoms with Crippen LogP contribution in [0.1, 0.15) is 0 Å². The smallest absolute Gasteiger partial charge is 0.332 e. The van der Waals surface area contributed by atoms with Crippen LogP contribution in [0.2, 0.25) is 0 Å². The molecule has 2 aromatic heterocycles. The maximum atomic E-state index is 12.3. The maximum Gasteiger partial charge on any atom is 0.332 e. The van der Waals surface area contributed by atoms with Crippen molar-refractivity contribution in [1.29, 1.82) is 0 Å². The quantitative estimate of drug-likeness (QED) is 0.792. The van der Waals surface area contributed by atoms with Crippen LogP contribution in [0.3, 0.4) is 0 Å². The fourth-order valence-corrected chi connectivity index (χ4v) is 2.05. The Morgan fingerprint density at radius 1 is 1.20 bits per heavy atom. The van der Waals surface area contributed by atoms with Gasteiger partial charge < -0.3 is 9.88 Å². The zero-order valence-corrected chi connectivity index (χ0v) is 11.6. The molecule has 0 fully saturated rings. The number of hydrogen-bond donors (Lipinski definition) is 1. The van der Waals surface area contributed by atoms with E-state index in [0.29, 0.717) is 30.2 Å². The predicted molar refractivity (Wildman–Crippen MR) is 79.1 cm³/mol. The molecule has 0 bridgehead atoms. The van der Waals surface area contributed by atoms with E-state index in [1.54, 1.807) is 23.8 Å². The molecule has 0 atom stereocenters. The van der Waals surface area contributed by atoms with Crippen molar-refractivity contribution in [1.82, 2.24) is 18.7 Å². The molecular formula is C13H17N5O2.